The molecule has 88 valence electrons. The van der Waals surface area contributed by atoms with E-state index in [1.54, 1.807) is 12.4 Å². The molecular formula is C12H14N4O. The van der Waals surface area contributed by atoms with Gasteiger partial charge in [0.05, 0.1) is 17.4 Å². The van der Waals surface area contributed by atoms with Gasteiger partial charge < -0.3 is 15.6 Å². The van der Waals surface area contributed by atoms with E-state index in [1.807, 2.05) is 12.1 Å². The van der Waals surface area contributed by atoms with Gasteiger partial charge in [0, 0.05) is 18.2 Å². The van der Waals surface area contributed by atoms with Crippen molar-refractivity contribution in [3.8, 4) is 0 Å². The van der Waals surface area contributed by atoms with Gasteiger partial charge >= 0.3 is 0 Å². The number of carbonyl (C=O) groups is 1. The molecule has 1 aromatic heterocycles. The number of aromatic nitrogens is 2. The van der Waals surface area contributed by atoms with E-state index in [4.69, 9.17) is 0 Å². The van der Waals surface area contributed by atoms with E-state index in [1.165, 1.54) is 0 Å². The van der Waals surface area contributed by atoms with Gasteiger partial charge in [-0.1, -0.05) is 0 Å². The molecule has 1 atom stereocenters. The van der Waals surface area contributed by atoms with Crippen molar-refractivity contribution in [3.05, 3.63) is 30.1 Å². The van der Waals surface area contributed by atoms with Gasteiger partial charge in [-0.2, -0.15) is 0 Å². The molecule has 2 heterocycles. The molecule has 5 nitrogen and oxygen atoms in total. The molecule has 1 aliphatic heterocycles. The lowest BCUT2D eigenvalue weighted by Crippen LogP contribution is -2.36. The molecule has 0 saturated carbocycles. The third-order valence-corrected chi connectivity index (χ3v) is 3.08. The van der Waals surface area contributed by atoms with Crippen LogP contribution in [0.15, 0.2) is 24.5 Å². The van der Waals surface area contributed by atoms with E-state index in [9.17, 15) is 4.79 Å². The molecule has 0 spiro atoms. The maximum absolute atomic E-state index is 12.0. The minimum atomic E-state index is -0.0183. The second-order valence-corrected chi connectivity index (χ2v) is 4.30. The number of nitrogens with one attached hydrogen (secondary N) is 3. The highest BCUT2D eigenvalue weighted by atomic mass is 16.1. The van der Waals surface area contributed by atoms with Crippen LogP contribution >= 0.6 is 0 Å². The van der Waals surface area contributed by atoms with Gasteiger partial charge in [0.25, 0.3) is 5.91 Å². The van der Waals surface area contributed by atoms with Gasteiger partial charge in [0.15, 0.2) is 0 Å². The molecule has 1 amide bonds. The summed E-state index contributed by atoms with van der Waals surface area (Å²) in [5.41, 5.74) is 2.44. The Bertz CT molecular complexity index is 542. The average Bonchev–Trinajstić information content (AvgIpc) is 2.97. The third-order valence-electron chi connectivity index (χ3n) is 3.08. The van der Waals surface area contributed by atoms with Crippen molar-refractivity contribution in [2.75, 3.05) is 13.1 Å². The highest BCUT2D eigenvalue weighted by Crippen LogP contribution is 2.12. The zero-order valence-electron chi connectivity index (χ0n) is 9.36. The van der Waals surface area contributed by atoms with Crippen molar-refractivity contribution in [1.29, 1.82) is 0 Å². The van der Waals surface area contributed by atoms with E-state index in [0.29, 0.717) is 5.56 Å². The fourth-order valence-corrected chi connectivity index (χ4v) is 2.12. The number of hydrogen-bond donors (Lipinski definition) is 3. The zero-order valence-corrected chi connectivity index (χ0v) is 9.36. The van der Waals surface area contributed by atoms with E-state index in [0.717, 1.165) is 30.5 Å². The van der Waals surface area contributed by atoms with Crippen molar-refractivity contribution < 1.29 is 4.79 Å². The first-order valence-corrected chi connectivity index (χ1v) is 5.77. The zero-order chi connectivity index (χ0) is 11.7. The molecule has 3 N–H and O–H groups in total. The number of amides is 1. The van der Waals surface area contributed by atoms with Gasteiger partial charge in [-0.15, -0.1) is 0 Å². The Morgan fingerprint density at radius 1 is 1.47 bits per heavy atom. The number of aromatic amines is 1. The number of fused-ring (bicyclic) bond motifs is 1. The second kappa shape index (κ2) is 4.18. The Balaban J connectivity index is 1.79. The quantitative estimate of drug-likeness (QED) is 0.709. The Labute approximate surface area is 98.6 Å². The number of benzene rings is 1. The van der Waals surface area contributed by atoms with Crippen molar-refractivity contribution in [2.24, 2.45) is 0 Å². The number of nitrogens with zero attached hydrogens (tertiary/aromatic N) is 1. The summed E-state index contributed by atoms with van der Waals surface area (Å²) < 4.78 is 0. The second-order valence-electron chi connectivity index (χ2n) is 4.30. The summed E-state index contributed by atoms with van der Waals surface area (Å²) in [7, 11) is 0. The van der Waals surface area contributed by atoms with Crippen LogP contribution in [0.4, 0.5) is 0 Å². The topological polar surface area (TPSA) is 69.8 Å². The molecule has 2 aromatic rings. The van der Waals surface area contributed by atoms with Gasteiger partial charge in [-0.3, -0.25) is 4.79 Å². The smallest absolute Gasteiger partial charge is 0.251 e. The van der Waals surface area contributed by atoms with Crippen LogP contribution in [0.3, 0.4) is 0 Å². The largest absolute Gasteiger partial charge is 0.348 e. The lowest BCUT2D eigenvalue weighted by Gasteiger charge is -2.11. The first-order chi connectivity index (χ1) is 8.33. The SMILES string of the molecule is O=C(NC1CCNC1)c1ccc2nc[nH]c2c1. The lowest BCUT2D eigenvalue weighted by molar-refractivity contribution is 0.0940. The minimum Gasteiger partial charge on any atom is -0.348 e. The summed E-state index contributed by atoms with van der Waals surface area (Å²) in [5.74, 6) is -0.0183. The van der Waals surface area contributed by atoms with Crippen molar-refractivity contribution >= 4 is 16.9 Å². The standard InChI is InChI=1S/C12H14N4O/c17-12(16-9-3-4-13-6-9)8-1-2-10-11(5-8)15-7-14-10/h1-2,5,7,9,13H,3-4,6H2,(H,14,15)(H,16,17). The first-order valence-electron chi connectivity index (χ1n) is 5.77. The van der Waals surface area contributed by atoms with Crippen molar-refractivity contribution in [1.82, 2.24) is 20.6 Å². The van der Waals surface area contributed by atoms with Crippen LogP contribution < -0.4 is 10.6 Å². The maximum Gasteiger partial charge on any atom is 0.251 e. The van der Waals surface area contributed by atoms with Crippen LogP contribution in [0.5, 0.6) is 0 Å². The Morgan fingerprint density at radius 2 is 2.41 bits per heavy atom. The van der Waals surface area contributed by atoms with Crippen LogP contribution in [0.25, 0.3) is 11.0 Å². The molecule has 17 heavy (non-hydrogen) atoms. The van der Waals surface area contributed by atoms with Crippen LogP contribution in [-0.4, -0.2) is 35.0 Å². The summed E-state index contributed by atoms with van der Waals surface area (Å²) >= 11 is 0. The molecule has 1 fully saturated rings. The molecule has 1 aromatic carbocycles. The summed E-state index contributed by atoms with van der Waals surface area (Å²) in [5, 5.41) is 6.24. The number of imidazole rings is 1. The monoisotopic (exact) mass is 230 g/mol. The number of hydrogen-bond acceptors (Lipinski definition) is 3. The molecule has 3 rings (SSSR count). The van der Waals surface area contributed by atoms with E-state index in [2.05, 4.69) is 20.6 Å². The first kappa shape index (κ1) is 10.3. The summed E-state index contributed by atoms with van der Waals surface area (Å²) in [6, 6.07) is 5.74. The summed E-state index contributed by atoms with van der Waals surface area (Å²) in [4.78, 5) is 19.1. The number of carbonyl (C=O) groups excluding carboxylic acids is 1. The van der Waals surface area contributed by atoms with Crippen LogP contribution in [0.2, 0.25) is 0 Å². The van der Waals surface area contributed by atoms with Crippen LogP contribution in [0, 0.1) is 0 Å². The van der Waals surface area contributed by atoms with Crippen LogP contribution in [0.1, 0.15) is 16.8 Å². The Morgan fingerprint density at radius 3 is 3.24 bits per heavy atom. The predicted octanol–water partition coefficient (Wildman–Crippen LogP) is 0.655. The molecule has 0 radical (unpaired) electrons. The molecule has 0 aliphatic carbocycles. The highest BCUT2D eigenvalue weighted by Gasteiger charge is 2.17. The molecular weight excluding hydrogens is 216 g/mol. The molecule has 1 saturated heterocycles. The maximum atomic E-state index is 12.0. The minimum absolute atomic E-state index is 0.0183. The van der Waals surface area contributed by atoms with Crippen LogP contribution in [-0.2, 0) is 0 Å². The number of rotatable bonds is 2. The summed E-state index contributed by atoms with van der Waals surface area (Å²) in [6.45, 7) is 1.84. The normalized spacial score (nSPS) is 19.6. The number of H-pyrrole nitrogens is 1. The predicted molar refractivity (Wildman–Crippen MR) is 64.8 cm³/mol. The highest BCUT2D eigenvalue weighted by molar-refractivity contribution is 5.97. The average molecular weight is 230 g/mol. The molecule has 0 bridgehead atoms. The van der Waals surface area contributed by atoms with E-state index < -0.39 is 0 Å². The summed E-state index contributed by atoms with van der Waals surface area (Å²) in [6.07, 6.45) is 2.63. The molecule has 1 unspecified atom stereocenters. The van der Waals surface area contributed by atoms with E-state index in [-0.39, 0.29) is 11.9 Å². The Kier molecular flexibility index (Phi) is 2.53. The third kappa shape index (κ3) is 2.01. The molecule has 5 heteroatoms. The van der Waals surface area contributed by atoms with Gasteiger partial charge in [-0.25, -0.2) is 4.98 Å². The van der Waals surface area contributed by atoms with Crippen molar-refractivity contribution in [2.45, 2.75) is 12.5 Å². The fourth-order valence-electron chi connectivity index (χ4n) is 2.12. The fraction of sp³-hybridized carbons (Fsp3) is 0.333. The molecule has 1 aliphatic rings. The van der Waals surface area contributed by atoms with Crippen molar-refractivity contribution in [3.63, 3.8) is 0 Å². The van der Waals surface area contributed by atoms with Gasteiger partial charge in [-0.05, 0) is 31.2 Å². The van der Waals surface area contributed by atoms with Gasteiger partial charge in [0.1, 0.15) is 0 Å². The lowest BCUT2D eigenvalue weighted by atomic mass is 10.1. The Hall–Kier alpha value is -1.88. The van der Waals surface area contributed by atoms with E-state index >= 15 is 0 Å². The van der Waals surface area contributed by atoms with Gasteiger partial charge in [0.2, 0.25) is 0 Å².